The third kappa shape index (κ3) is 2.43. The van der Waals surface area contributed by atoms with Crippen LogP contribution < -0.4 is 4.74 Å². The van der Waals surface area contributed by atoms with Crippen LogP contribution in [0.3, 0.4) is 0 Å². The number of aryl methyl sites for hydroxylation is 1. The summed E-state index contributed by atoms with van der Waals surface area (Å²) in [5.74, 6) is 0.603. The van der Waals surface area contributed by atoms with Crippen LogP contribution in [-0.2, 0) is 4.74 Å². The van der Waals surface area contributed by atoms with E-state index in [1.165, 1.54) is 0 Å². The minimum Gasteiger partial charge on any atom is -0.484 e. The first-order chi connectivity index (χ1) is 7.16. The van der Waals surface area contributed by atoms with Gasteiger partial charge in [0.05, 0.1) is 18.2 Å². The molecule has 1 N–H and O–H groups in total. The Bertz CT molecular complexity index is 354. The standard InChI is InChI=1S/C11H13ClO3/c1-7-2-3-8(12)10(4-7)15-11-6-14-5-9(11)13/h2-4,9,11,13H,5-6H2,1H3/t9-,11-/m1/s1. The molecule has 0 radical (unpaired) electrons. The van der Waals surface area contributed by atoms with Gasteiger partial charge in [0.1, 0.15) is 18.0 Å². The van der Waals surface area contributed by atoms with Crippen molar-refractivity contribution in [2.75, 3.05) is 13.2 Å². The molecule has 0 aromatic heterocycles. The topological polar surface area (TPSA) is 38.7 Å². The van der Waals surface area contributed by atoms with Gasteiger partial charge in [-0.3, -0.25) is 0 Å². The maximum Gasteiger partial charge on any atom is 0.150 e. The second-order valence-corrected chi connectivity index (χ2v) is 4.10. The molecule has 4 heteroatoms. The predicted molar refractivity (Wildman–Crippen MR) is 57.4 cm³/mol. The van der Waals surface area contributed by atoms with E-state index < -0.39 is 6.10 Å². The minimum absolute atomic E-state index is 0.315. The highest BCUT2D eigenvalue weighted by Gasteiger charge is 2.28. The summed E-state index contributed by atoms with van der Waals surface area (Å²) in [6, 6.07) is 5.55. The van der Waals surface area contributed by atoms with Crippen molar-refractivity contribution in [1.82, 2.24) is 0 Å². The van der Waals surface area contributed by atoms with Gasteiger partial charge >= 0.3 is 0 Å². The van der Waals surface area contributed by atoms with Gasteiger partial charge in [-0.1, -0.05) is 17.7 Å². The molecule has 1 fully saturated rings. The molecule has 3 nitrogen and oxygen atoms in total. The van der Waals surface area contributed by atoms with Crippen LogP contribution in [0.25, 0.3) is 0 Å². The van der Waals surface area contributed by atoms with E-state index in [2.05, 4.69) is 0 Å². The van der Waals surface area contributed by atoms with Crippen molar-refractivity contribution in [3.8, 4) is 5.75 Å². The van der Waals surface area contributed by atoms with Crippen molar-refractivity contribution in [1.29, 1.82) is 0 Å². The Morgan fingerprint density at radius 3 is 2.93 bits per heavy atom. The Morgan fingerprint density at radius 2 is 2.27 bits per heavy atom. The van der Waals surface area contributed by atoms with Gasteiger partial charge in [-0.2, -0.15) is 0 Å². The third-order valence-corrected chi connectivity index (χ3v) is 2.68. The maximum atomic E-state index is 9.52. The summed E-state index contributed by atoms with van der Waals surface area (Å²) in [7, 11) is 0. The van der Waals surface area contributed by atoms with Crippen molar-refractivity contribution in [2.24, 2.45) is 0 Å². The predicted octanol–water partition coefficient (Wildman–Crippen LogP) is 1.79. The zero-order valence-corrected chi connectivity index (χ0v) is 9.20. The zero-order valence-electron chi connectivity index (χ0n) is 8.44. The smallest absolute Gasteiger partial charge is 0.150 e. The van der Waals surface area contributed by atoms with Gasteiger partial charge in [-0.25, -0.2) is 0 Å². The third-order valence-electron chi connectivity index (χ3n) is 2.36. The fourth-order valence-corrected chi connectivity index (χ4v) is 1.66. The molecule has 1 aromatic rings. The van der Waals surface area contributed by atoms with E-state index in [1.807, 2.05) is 19.1 Å². The van der Waals surface area contributed by atoms with Gasteiger partial charge in [-0.05, 0) is 24.6 Å². The molecule has 82 valence electrons. The molecule has 0 aliphatic carbocycles. The van der Waals surface area contributed by atoms with Crippen LogP contribution in [0.4, 0.5) is 0 Å². The molecule has 2 atom stereocenters. The SMILES string of the molecule is Cc1ccc(Cl)c(O[C@@H]2COC[C@H]2O)c1. The van der Waals surface area contributed by atoms with Gasteiger partial charge in [0, 0.05) is 0 Å². The first-order valence-electron chi connectivity index (χ1n) is 4.85. The first kappa shape index (κ1) is 10.7. The molecule has 1 saturated heterocycles. The van der Waals surface area contributed by atoms with Crippen molar-refractivity contribution in [3.05, 3.63) is 28.8 Å². The highest BCUT2D eigenvalue weighted by molar-refractivity contribution is 6.32. The molecule has 1 aliphatic heterocycles. The lowest BCUT2D eigenvalue weighted by Crippen LogP contribution is -2.29. The van der Waals surface area contributed by atoms with Gasteiger partial charge in [0.25, 0.3) is 0 Å². The second kappa shape index (κ2) is 4.39. The number of benzene rings is 1. The number of hydrogen-bond acceptors (Lipinski definition) is 3. The summed E-state index contributed by atoms with van der Waals surface area (Å²) < 4.78 is 10.7. The second-order valence-electron chi connectivity index (χ2n) is 3.69. The summed E-state index contributed by atoms with van der Waals surface area (Å²) in [5, 5.41) is 10.1. The Kier molecular flexibility index (Phi) is 3.14. The molecule has 0 amide bonds. The van der Waals surface area contributed by atoms with Gasteiger partial charge in [-0.15, -0.1) is 0 Å². The van der Waals surface area contributed by atoms with E-state index in [9.17, 15) is 5.11 Å². The van der Waals surface area contributed by atoms with Crippen LogP contribution in [0, 0.1) is 6.92 Å². The van der Waals surface area contributed by atoms with Gasteiger partial charge in [0.15, 0.2) is 0 Å². The number of aliphatic hydroxyl groups is 1. The Morgan fingerprint density at radius 1 is 1.47 bits per heavy atom. The highest BCUT2D eigenvalue weighted by atomic mass is 35.5. The summed E-state index contributed by atoms with van der Waals surface area (Å²) in [5.41, 5.74) is 1.07. The lowest BCUT2D eigenvalue weighted by Gasteiger charge is -2.16. The van der Waals surface area contributed by atoms with E-state index in [0.29, 0.717) is 24.0 Å². The summed E-state index contributed by atoms with van der Waals surface area (Å²) in [6.07, 6.45) is -0.883. The van der Waals surface area contributed by atoms with Gasteiger partial charge < -0.3 is 14.6 Å². The van der Waals surface area contributed by atoms with Crippen molar-refractivity contribution in [2.45, 2.75) is 19.1 Å². The monoisotopic (exact) mass is 228 g/mol. The zero-order chi connectivity index (χ0) is 10.8. The molecular formula is C11H13ClO3. The Balaban J connectivity index is 2.12. The minimum atomic E-state index is -0.568. The molecule has 1 heterocycles. The first-order valence-corrected chi connectivity index (χ1v) is 5.23. The highest BCUT2D eigenvalue weighted by Crippen LogP contribution is 2.27. The lowest BCUT2D eigenvalue weighted by molar-refractivity contribution is 0.0734. The average Bonchev–Trinajstić information content (AvgIpc) is 2.58. The van der Waals surface area contributed by atoms with Crippen LogP contribution in [-0.4, -0.2) is 30.5 Å². The summed E-state index contributed by atoms with van der Waals surface area (Å²) in [4.78, 5) is 0. The largest absolute Gasteiger partial charge is 0.484 e. The average molecular weight is 229 g/mol. The molecule has 0 saturated carbocycles. The molecule has 0 bridgehead atoms. The van der Waals surface area contributed by atoms with E-state index in [-0.39, 0.29) is 6.10 Å². The van der Waals surface area contributed by atoms with Crippen LogP contribution in [0.15, 0.2) is 18.2 Å². The number of aliphatic hydroxyl groups excluding tert-OH is 1. The van der Waals surface area contributed by atoms with Gasteiger partial charge in [0.2, 0.25) is 0 Å². The number of halogens is 1. The Hall–Kier alpha value is -0.770. The fraction of sp³-hybridized carbons (Fsp3) is 0.455. The Labute approximate surface area is 93.6 Å². The van der Waals surface area contributed by atoms with E-state index >= 15 is 0 Å². The van der Waals surface area contributed by atoms with Crippen molar-refractivity contribution in [3.63, 3.8) is 0 Å². The van der Waals surface area contributed by atoms with E-state index in [1.54, 1.807) is 6.07 Å². The van der Waals surface area contributed by atoms with Crippen LogP contribution in [0.5, 0.6) is 5.75 Å². The normalized spacial score (nSPS) is 25.5. The quantitative estimate of drug-likeness (QED) is 0.839. The van der Waals surface area contributed by atoms with Crippen molar-refractivity contribution >= 4 is 11.6 Å². The molecule has 1 aliphatic rings. The fourth-order valence-electron chi connectivity index (χ4n) is 1.50. The van der Waals surface area contributed by atoms with Crippen LogP contribution in [0.2, 0.25) is 5.02 Å². The number of rotatable bonds is 2. The maximum absolute atomic E-state index is 9.52. The number of hydrogen-bond donors (Lipinski definition) is 1. The summed E-state index contributed by atoms with van der Waals surface area (Å²) in [6.45, 7) is 2.70. The molecule has 0 spiro atoms. The molecule has 15 heavy (non-hydrogen) atoms. The van der Waals surface area contributed by atoms with Crippen LogP contribution >= 0.6 is 11.6 Å². The summed E-state index contributed by atoms with van der Waals surface area (Å²) >= 11 is 5.97. The van der Waals surface area contributed by atoms with E-state index in [4.69, 9.17) is 21.1 Å². The number of ether oxygens (including phenoxy) is 2. The van der Waals surface area contributed by atoms with Crippen LogP contribution in [0.1, 0.15) is 5.56 Å². The molecule has 1 aromatic carbocycles. The molecule has 2 rings (SSSR count). The van der Waals surface area contributed by atoms with Crippen molar-refractivity contribution < 1.29 is 14.6 Å². The molecule has 0 unspecified atom stereocenters. The molecular weight excluding hydrogens is 216 g/mol. The van der Waals surface area contributed by atoms with E-state index in [0.717, 1.165) is 5.56 Å². The lowest BCUT2D eigenvalue weighted by atomic mass is 10.2.